The molecule has 0 aliphatic heterocycles. The maximum absolute atomic E-state index is 10.9. The lowest BCUT2D eigenvalue weighted by molar-refractivity contribution is 0.100. The highest BCUT2D eigenvalue weighted by atomic mass is 35.5. The van der Waals surface area contributed by atoms with Crippen LogP contribution in [0.5, 0.6) is 0 Å². The molecule has 0 spiro atoms. The van der Waals surface area contributed by atoms with Crippen LogP contribution in [0.2, 0.25) is 5.02 Å². The number of nitrogens with two attached hydrogens (primary N) is 1. The summed E-state index contributed by atoms with van der Waals surface area (Å²) in [4.78, 5) is 10.9. The van der Waals surface area contributed by atoms with Gasteiger partial charge in [0.1, 0.15) is 0 Å². The first-order valence-electron chi connectivity index (χ1n) is 5.69. The molecule has 0 saturated carbocycles. The van der Waals surface area contributed by atoms with E-state index in [1.54, 1.807) is 18.2 Å². The van der Waals surface area contributed by atoms with Gasteiger partial charge in [-0.1, -0.05) is 18.5 Å². The van der Waals surface area contributed by atoms with Gasteiger partial charge in [-0.3, -0.25) is 4.79 Å². The number of hydrogen-bond acceptors (Lipinski definition) is 3. The fourth-order valence-corrected chi connectivity index (χ4v) is 1.65. The van der Waals surface area contributed by atoms with Crippen molar-refractivity contribution in [1.29, 1.82) is 0 Å². The molecule has 4 nitrogen and oxygen atoms in total. The van der Waals surface area contributed by atoms with Crippen LogP contribution in [0.25, 0.3) is 0 Å². The molecular formula is C12H18ClN3O. The number of hydrogen-bond donors (Lipinski definition) is 3. The van der Waals surface area contributed by atoms with Crippen LogP contribution in [0.3, 0.4) is 0 Å². The Hall–Kier alpha value is -1.26. The van der Waals surface area contributed by atoms with Gasteiger partial charge in [-0.15, -0.1) is 0 Å². The summed E-state index contributed by atoms with van der Waals surface area (Å²) in [6, 6.07) is 5.00. The third-order valence-corrected chi connectivity index (χ3v) is 2.61. The molecule has 5 heteroatoms. The molecule has 0 unspecified atom stereocenters. The molecule has 0 saturated heterocycles. The summed E-state index contributed by atoms with van der Waals surface area (Å²) in [5.74, 6) is -0.469. The molecule has 0 aliphatic rings. The molecule has 0 atom stereocenters. The van der Waals surface area contributed by atoms with Crippen LogP contribution >= 0.6 is 11.6 Å². The van der Waals surface area contributed by atoms with Crippen LogP contribution in [0.15, 0.2) is 18.2 Å². The number of carbonyl (C=O) groups is 1. The molecule has 94 valence electrons. The second kappa shape index (κ2) is 7.14. The average molecular weight is 256 g/mol. The van der Waals surface area contributed by atoms with Crippen LogP contribution in [0.4, 0.5) is 5.69 Å². The van der Waals surface area contributed by atoms with Gasteiger partial charge in [0.15, 0.2) is 0 Å². The van der Waals surface area contributed by atoms with Crippen molar-refractivity contribution in [3.8, 4) is 0 Å². The summed E-state index contributed by atoms with van der Waals surface area (Å²) in [7, 11) is 0. The van der Waals surface area contributed by atoms with Gasteiger partial charge in [-0.2, -0.15) is 0 Å². The molecule has 1 aromatic rings. The lowest BCUT2D eigenvalue weighted by Gasteiger charge is -2.09. The zero-order valence-corrected chi connectivity index (χ0v) is 10.7. The van der Waals surface area contributed by atoms with Crippen molar-refractivity contribution in [2.24, 2.45) is 5.73 Å². The Morgan fingerprint density at radius 2 is 2.12 bits per heavy atom. The summed E-state index contributed by atoms with van der Waals surface area (Å²) in [5, 5.41) is 6.98. The number of primary amides is 1. The first-order chi connectivity index (χ1) is 8.15. The Morgan fingerprint density at radius 3 is 2.71 bits per heavy atom. The minimum Gasteiger partial charge on any atom is -0.383 e. The third-order valence-electron chi connectivity index (χ3n) is 2.30. The molecule has 0 fully saturated rings. The van der Waals surface area contributed by atoms with Gasteiger partial charge in [0, 0.05) is 18.7 Å². The molecule has 4 N–H and O–H groups in total. The Morgan fingerprint density at radius 1 is 1.35 bits per heavy atom. The highest BCUT2D eigenvalue weighted by Gasteiger charge is 2.04. The largest absolute Gasteiger partial charge is 0.383 e. The van der Waals surface area contributed by atoms with E-state index < -0.39 is 5.91 Å². The Bertz CT molecular complexity index is 382. The molecule has 0 radical (unpaired) electrons. The van der Waals surface area contributed by atoms with Gasteiger partial charge in [0.25, 0.3) is 0 Å². The monoisotopic (exact) mass is 255 g/mol. The summed E-state index contributed by atoms with van der Waals surface area (Å²) < 4.78 is 0. The molecule has 1 amide bonds. The van der Waals surface area contributed by atoms with Crippen molar-refractivity contribution < 1.29 is 4.79 Å². The van der Waals surface area contributed by atoms with E-state index in [-0.39, 0.29) is 0 Å². The first-order valence-corrected chi connectivity index (χ1v) is 6.07. The highest BCUT2D eigenvalue weighted by Crippen LogP contribution is 2.22. The van der Waals surface area contributed by atoms with E-state index in [1.807, 2.05) is 0 Å². The van der Waals surface area contributed by atoms with Crippen LogP contribution in [0.1, 0.15) is 23.7 Å². The predicted octanol–water partition coefficient (Wildman–Crippen LogP) is 1.85. The van der Waals surface area contributed by atoms with Crippen LogP contribution in [-0.2, 0) is 0 Å². The molecule has 0 bridgehead atoms. The lowest BCUT2D eigenvalue weighted by Crippen LogP contribution is -2.22. The number of nitrogens with one attached hydrogen (secondary N) is 2. The number of carbonyl (C=O) groups excluding carboxylic acids is 1. The lowest BCUT2D eigenvalue weighted by atomic mass is 10.2. The van der Waals surface area contributed by atoms with E-state index in [2.05, 4.69) is 17.6 Å². The topological polar surface area (TPSA) is 67.2 Å². The third kappa shape index (κ3) is 4.63. The minimum atomic E-state index is -0.469. The summed E-state index contributed by atoms with van der Waals surface area (Å²) in [6.07, 6.45) is 1.12. The fourth-order valence-electron chi connectivity index (χ4n) is 1.40. The van der Waals surface area contributed by atoms with E-state index in [4.69, 9.17) is 17.3 Å². The molecular weight excluding hydrogens is 238 g/mol. The van der Waals surface area contributed by atoms with Crippen LogP contribution < -0.4 is 16.4 Å². The maximum atomic E-state index is 10.9. The number of rotatable bonds is 7. The number of benzene rings is 1. The second-order valence-corrected chi connectivity index (χ2v) is 4.14. The maximum Gasteiger partial charge on any atom is 0.248 e. The average Bonchev–Trinajstić information content (AvgIpc) is 2.30. The molecule has 0 heterocycles. The zero-order valence-electron chi connectivity index (χ0n) is 9.92. The van der Waals surface area contributed by atoms with Crippen LogP contribution in [-0.4, -0.2) is 25.5 Å². The molecule has 1 aromatic carbocycles. The minimum absolute atomic E-state index is 0.421. The number of anilines is 1. The molecule has 1 rings (SSSR count). The van der Waals surface area contributed by atoms with Gasteiger partial charge in [-0.25, -0.2) is 0 Å². The quantitative estimate of drug-likeness (QED) is 0.652. The highest BCUT2D eigenvalue weighted by molar-refractivity contribution is 6.33. The zero-order chi connectivity index (χ0) is 12.7. The van der Waals surface area contributed by atoms with E-state index in [0.717, 1.165) is 31.7 Å². The number of halogens is 1. The fraction of sp³-hybridized carbons (Fsp3) is 0.417. The normalized spacial score (nSPS) is 10.2. The summed E-state index contributed by atoms with van der Waals surface area (Å²) in [5.41, 5.74) is 6.40. The van der Waals surface area contributed by atoms with Gasteiger partial charge in [-0.05, 0) is 31.2 Å². The van der Waals surface area contributed by atoms with Gasteiger partial charge in [0.2, 0.25) is 5.91 Å². The van der Waals surface area contributed by atoms with Crippen molar-refractivity contribution >= 4 is 23.2 Å². The van der Waals surface area contributed by atoms with E-state index in [9.17, 15) is 4.79 Å². The SMILES string of the molecule is CCCNCCNc1ccc(C(N)=O)cc1Cl. The van der Waals surface area contributed by atoms with Crippen molar-refractivity contribution in [3.05, 3.63) is 28.8 Å². The van der Waals surface area contributed by atoms with E-state index in [0.29, 0.717) is 10.6 Å². The summed E-state index contributed by atoms with van der Waals surface area (Å²) >= 11 is 6.02. The van der Waals surface area contributed by atoms with Crippen molar-refractivity contribution in [1.82, 2.24) is 5.32 Å². The standard InChI is InChI=1S/C12H18ClN3O/c1-2-5-15-6-7-16-11-4-3-9(12(14)17)8-10(11)13/h3-4,8,15-16H,2,5-7H2,1H3,(H2,14,17). The molecule has 0 aliphatic carbocycles. The Kier molecular flexibility index (Phi) is 5.80. The second-order valence-electron chi connectivity index (χ2n) is 3.74. The first kappa shape index (κ1) is 13.8. The smallest absolute Gasteiger partial charge is 0.248 e. The van der Waals surface area contributed by atoms with E-state index in [1.165, 1.54) is 0 Å². The Balaban J connectivity index is 2.46. The van der Waals surface area contributed by atoms with Gasteiger partial charge >= 0.3 is 0 Å². The van der Waals surface area contributed by atoms with Crippen molar-refractivity contribution in [2.45, 2.75) is 13.3 Å². The molecule has 17 heavy (non-hydrogen) atoms. The summed E-state index contributed by atoms with van der Waals surface area (Å²) in [6.45, 7) is 4.80. The van der Waals surface area contributed by atoms with Gasteiger partial charge in [0.05, 0.1) is 10.7 Å². The van der Waals surface area contributed by atoms with Crippen LogP contribution in [0, 0.1) is 0 Å². The van der Waals surface area contributed by atoms with Crippen molar-refractivity contribution in [2.75, 3.05) is 25.0 Å². The number of amides is 1. The predicted molar refractivity (Wildman–Crippen MR) is 71.6 cm³/mol. The van der Waals surface area contributed by atoms with Crippen molar-refractivity contribution in [3.63, 3.8) is 0 Å². The molecule has 0 aromatic heterocycles. The Labute approximate surface area is 107 Å². The van der Waals surface area contributed by atoms with E-state index >= 15 is 0 Å². The van der Waals surface area contributed by atoms with Gasteiger partial charge < -0.3 is 16.4 Å².